The zero-order valence-corrected chi connectivity index (χ0v) is 30.9. The molecular weight excluding hydrogens is 819 g/mol. The monoisotopic (exact) mass is 855 g/mol. The third kappa shape index (κ3) is 7.10. The van der Waals surface area contributed by atoms with Gasteiger partial charge in [0.25, 0.3) is 0 Å². The molecule has 6 aromatic carbocycles. The van der Waals surface area contributed by atoms with Gasteiger partial charge in [-0.15, -0.1) is 41.3 Å². The molecule has 3 aromatic heterocycles. The van der Waals surface area contributed by atoms with E-state index < -0.39 is 6.85 Å². The Morgan fingerprint density at radius 2 is 1.39 bits per heavy atom. The minimum atomic E-state index is -2.09. The number of aromatic nitrogens is 3. The minimum Gasteiger partial charge on any atom is -0.333 e. The van der Waals surface area contributed by atoms with Crippen LogP contribution in [0.4, 0.5) is 0 Å². The molecule has 0 saturated carbocycles. The number of hydrogen-bond acceptors (Lipinski definition) is 3. The van der Waals surface area contributed by atoms with Crippen molar-refractivity contribution in [1.82, 2.24) is 14.5 Å². The number of aryl methyl sites for hydroxylation is 2. The summed E-state index contributed by atoms with van der Waals surface area (Å²) >= 11 is 1.65. The predicted octanol–water partition coefficient (Wildman–Crippen LogP) is 12.2. The second kappa shape index (κ2) is 15.2. The first-order valence-electron chi connectivity index (χ1n) is 17.9. The van der Waals surface area contributed by atoms with Gasteiger partial charge in [0.05, 0.1) is 16.9 Å². The largest absolute Gasteiger partial charge is 0.333 e. The Labute approximate surface area is 320 Å². The molecule has 0 N–H and O–H groups in total. The number of rotatable bonds is 5. The summed E-state index contributed by atoms with van der Waals surface area (Å²) in [6, 6.07) is 56.6. The summed E-state index contributed by atoms with van der Waals surface area (Å²) in [5.74, 6) is 0.924. The molecule has 0 fully saturated rings. The molecule has 3 nitrogen and oxygen atoms in total. The SMILES string of the molecule is Cc1cc(-c2ccccc2)ccc1-n1c(-c2[c-]sc3ccc(-c4ccccc4)cc23)nc2ccccc21.[2H]C([2H])([2H])c1ccc(-c2[c-]cccc2)nc1.[Ir]. The number of benzene rings is 6. The van der Waals surface area contributed by atoms with Crippen LogP contribution < -0.4 is 0 Å². The van der Waals surface area contributed by atoms with E-state index in [-0.39, 0.29) is 25.7 Å². The molecule has 0 amide bonds. The van der Waals surface area contributed by atoms with Crippen molar-refractivity contribution in [3.8, 4) is 50.6 Å². The van der Waals surface area contributed by atoms with Crippen LogP contribution in [0, 0.1) is 25.2 Å². The summed E-state index contributed by atoms with van der Waals surface area (Å²) < 4.78 is 25.2. The predicted molar refractivity (Wildman–Crippen MR) is 210 cm³/mol. The molecule has 3 heterocycles. The van der Waals surface area contributed by atoms with Gasteiger partial charge in [-0.05, 0) is 77.1 Å². The van der Waals surface area contributed by atoms with Crippen LogP contribution in [0.3, 0.4) is 0 Å². The second-order valence-electron chi connectivity index (χ2n) is 12.0. The van der Waals surface area contributed by atoms with E-state index in [0.717, 1.165) is 39.4 Å². The molecule has 51 heavy (non-hydrogen) atoms. The number of pyridine rings is 1. The van der Waals surface area contributed by atoms with Gasteiger partial charge in [0.1, 0.15) is 0 Å². The molecule has 0 atom stereocenters. The molecule has 1 radical (unpaired) electrons. The summed E-state index contributed by atoms with van der Waals surface area (Å²) in [4.78, 5) is 9.27. The van der Waals surface area contributed by atoms with E-state index in [1.165, 1.54) is 44.1 Å². The first-order valence-corrected chi connectivity index (χ1v) is 17.2. The number of para-hydroxylation sites is 2. The van der Waals surface area contributed by atoms with Crippen LogP contribution in [0.1, 0.15) is 15.2 Å². The van der Waals surface area contributed by atoms with Crippen LogP contribution in [-0.4, -0.2) is 14.5 Å². The minimum absolute atomic E-state index is 0. The van der Waals surface area contributed by atoms with Crippen molar-refractivity contribution >= 4 is 32.5 Å². The first kappa shape index (κ1) is 30.4. The van der Waals surface area contributed by atoms with E-state index >= 15 is 0 Å². The van der Waals surface area contributed by atoms with Gasteiger partial charge in [-0.1, -0.05) is 125 Å². The zero-order valence-electron chi connectivity index (χ0n) is 30.7. The molecule has 249 valence electrons. The molecular formula is C46H33IrN3S-2. The van der Waals surface area contributed by atoms with Crippen molar-refractivity contribution in [2.75, 3.05) is 0 Å². The Morgan fingerprint density at radius 3 is 2.08 bits per heavy atom. The molecule has 0 spiro atoms. The molecule has 0 aliphatic carbocycles. The number of nitrogens with zero attached hydrogens (tertiary/aromatic N) is 3. The van der Waals surface area contributed by atoms with Crippen molar-refractivity contribution in [3.63, 3.8) is 0 Å². The molecule has 0 unspecified atom stereocenters. The fourth-order valence-corrected chi connectivity index (χ4v) is 7.03. The summed E-state index contributed by atoms with van der Waals surface area (Å²) in [7, 11) is 0. The Hall–Kier alpha value is -5.45. The molecule has 0 bridgehead atoms. The van der Waals surface area contributed by atoms with Crippen molar-refractivity contribution < 1.29 is 24.2 Å². The van der Waals surface area contributed by atoms with E-state index in [2.05, 4.69) is 149 Å². The van der Waals surface area contributed by atoms with Gasteiger partial charge >= 0.3 is 0 Å². The standard InChI is InChI=1S/C34H23N2S.C12H10N.Ir/c1-23-20-26(24-10-4-2-5-11-24)16-18-31(23)36-32-15-9-8-14-30(32)35-34(36)29-22-37-33-19-17-27(21-28(29)33)25-12-6-3-7-13-25;1-10-7-8-12(13-9-10)11-5-3-2-4-6-11;/h2-21H,1H3;2-5,7-9H,1H3;/q2*-1;/i;1D3;. The normalized spacial score (nSPS) is 11.9. The van der Waals surface area contributed by atoms with Gasteiger partial charge in [0.15, 0.2) is 0 Å². The molecule has 9 aromatic rings. The topological polar surface area (TPSA) is 30.7 Å². The van der Waals surface area contributed by atoms with Gasteiger partial charge in [-0.3, -0.25) is 16.3 Å². The van der Waals surface area contributed by atoms with E-state index in [1.807, 2.05) is 18.2 Å². The van der Waals surface area contributed by atoms with Crippen LogP contribution in [0.15, 0.2) is 164 Å². The van der Waals surface area contributed by atoms with E-state index in [0.29, 0.717) is 0 Å². The fraction of sp³-hybridized carbons (Fsp3) is 0.0435. The first-order chi connectivity index (χ1) is 25.8. The smallest absolute Gasteiger partial charge is 0.0774 e. The van der Waals surface area contributed by atoms with Crippen LogP contribution >= 0.6 is 11.3 Å². The van der Waals surface area contributed by atoms with Gasteiger partial charge in [0, 0.05) is 36.1 Å². The Kier molecular flexibility index (Phi) is 9.06. The summed E-state index contributed by atoms with van der Waals surface area (Å²) in [5, 5.41) is 4.78. The maximum absolute atomic E-state index is 7.23. The number of imidazole rings is 1. The van der Waals surface area contributed by atoms with Crippen molar-refractivity contribution in [1.29, 1.82) is 0 Å². The van der Waals surface area contributed by atoms with Gasteiger partial charge in [0.2, 0.25) is 0 Å². The number of hydrogen-bond donors (Lipinski definition) is 0. The van der Waals surface area contributed by atoms with Crippen molar-refractivity contribution in [2.24, 2.45) is 0 Å². The molecule has 0 aliphatic rings. The van der Waals surface area contributed by atoms with Crippen LogP contribution in [0.2, 0.25) is 0 Å². The maximum Gasteiger partial charge on any atom is 0.0774 e. The average Bonchev–Trinajstić information content (AvgIpc) is 3.80. The number of fused-ring (bicyclic) bond motifs is 2. The molecule has 9 rings (SSSR count). The van der Waals surface area contributed by atoms with E-state index in [9.17, 15) is 0 Å². The average molecular weight is 855 g/mol. The fourth-order valence-electron chi connectivity index (χ4n) is 6.21. The summed E-state index contributed by atoms with van der Waals surface area (Å²) in [5.41, 5.74) is 12.2. The second-order valence-corrected chi connectivity index (χ2v) is 12.8. The van der Waals surface area contributed by atoms with Crippen molar-refractivity contribution in [2.45, 2.75) is 13.8 Å². The molecule has 0 saturated heterocycles. The third-order valence-corrected chi connectivity index (χ3v) is 9.58. The Bertz CT molecular complexity index is 2650. The Balaban J connectivity index is 0.000000223. The Morgan fingerprint density at radius 1 is 0.686 bits per heavy atom. The molecule has 0 aliphatic heterocycles. The van der Waals surface area contributed by atoms with Crippen LogP contribution in [-0.2, 0) is 20.1 Å². The van der Waals surface area contributed by atoms with Crippen LogP contribution in [0.25, 0.3) is 71.7 Å². The van der Waals surface area contributed by atoms with Gasteiger partial charge < -0.3 is 9.55 Å². The third-order valence-electron chi connectivity index (χ3n) is 8.70. The quantitative estimate of drug-likeness (QED) is 0.162. The van der Waals surface area contributed by atoms with E-state index in [1.54, 1.807) is 29.5 Å². The maximum atomic E-state index is 7.23. The summed E-state index contributed by atoms with van der Waals surface area (Å²) in [6.45, 7) is 0.0925. The van der Waals surface area contributed by atoms with Crippen LogP contribution in [0.5, 0.6) is 0 Å². The molecule has 5 heteroatoms. The summed E-state index contributed by atoms with van der Waals surface area (Å²) in [6.07, 6.45) is 1.39. The number of thiophene rings is 1. The van der Waals surface area contributed by atoms with E-state index in [4.69, 9.17) is 9.10 Å². The van der Waals surface area contributed by atoms with Gasteiger partial charge in [-0.25, -0.2) is 0 Å². The van der Waals surface area contributed by atoms with Crippen molar-refractivity contribution in [3.05, 3.63) is 186 Å². The zero-order chi connectivity index (χ0) is 36.4. The van der Waals surface area contributed by atoms with Gasteiger partial charge in [-0.2, -0.15) is 0 Å².